The predicted molar refractivity (Wildman–Crippen MR) is 188 cm³/mol. The number of amides is 1. The third kappa shape index (κ3) is 6.12. The molecule has 292 valence electrons. The zero-order chi connectivity index (χ0) is 38.3. The van der Waals surface area contributed by atoms with Gasteiger partial charge in [-0.2, -0.15) is 8.78 Å². The molecular weight excluding hydrogens is 724 g/mol. The van der Waals surface area contributed by atoms with Crippen LogP contribution in [0.1, 0.15) is 86.3 Å². The molecule has 4 bridgehead atoms. The lowest BCUT2D eigenvalue weighted by Gasteiger charge is -2.61. The lowest BCUT2D eigenvalue weighted by molar-refractivity contribution is -0.174. The van der Waals surface area contributed by atoms with E-state index in [4.69, 9.17) is 9.47 Å². The Bertz CT molecular complexity index is 1990. The Kier molecular flexibility index (Phi) is 8.48. The van der Waals surface area contributed by atoms with Crippen LogP contribution in [-0.2, 0) is 20.9 Å². The Morgan fingerprint density at radius 3 is 2.29 bits per heavy atom. The smallest absolute Gasteiger partial charge is 0.330 e. The van der Waals surface area contributed by atoms with Crippen LogP contribution in [0.15, 0.2) is 30.9 Å². The van der Waals surface area contributed by atoms with Crippen LogP contribution in [0.2, 0.25) is 0 Å². The van der Waals surface area contributed by atoms with Gasteiger partial charge < -0.3 is 29.7 Å². The van der Waals surface area contributed by atoms with Gasteiger partial charge >= 0.3 is 5.97 Å². The fourth-order valence-electron chi connectivity index (χ4n) is 10.6. The number of halogens is 4. The fourth-order valence-corrected chi connectivity index (χ4v) is 10.6. The van der Waals surface area contributed by atoms with Crippen molar-refractivity contribution in [3.8, 4) is 5.88 Å². The second-order valence-electron chi connectivity index (χ2n) is 16.5. The van der Waals surface area contributed by atoms with E-state index < -0.39 is 63.3 Å². The summed E-state index contributed by atoms with van der Waals surface area (Å²) in [5, 5.41) is 13.1. The summed E-state index contributed by atoms with van der Waals surface area (Å²) >= 11 is 0. The van der Waals surface area contributed by atoms with Gasteiger partial charge in [0.1, 0.15) is 23.0 Å². The summed E-state index contributed by atoms with van der Waals surface area (Å²) in [5.74, 6) is -6.84. The average Bonchev–Trinajstić information content (AvgIpc) is 3.45. The Labute approximate surface area is 314 Å². The van der Waals surface area contributed by atoms with Gasteiger partial charge in [0.05, 0.1) is 29.8 Å². The number of rotatable bonds is 8. The minimum absolute atomic E-state index is 0.00691. The summed E-state index contributed by atoms with van der Waals surface area (Å²) in [7, 11) is 0. The Balaban J connectivity index is 0.981. The highest BCUT2D eigenvalue weighted by Gasteiger charge is 2.67. The molecule has 0 radical (unpaired) electrons. The standard InChI is InChI=1S/C38H42F4N8O5/c1-35(40,41)30-26(31(51)48-38(32(52)53)22-10-21-11-23(38)15-37(42,13-21)14-22)18-46-34(47-30)50-20-36(4-8-54-9-5-36)27-12-29(43-19-28(27)50)55-25-2-6-49(7-3-25)33-44-16-24(39)17-45-33/h12,16-19,21-23,25H,2-11,13-15,20H2,1H3,(H,48,51)(H,52,53)/t21?,22-,23+,37-,38-. The van der Waals surface area contributed by atoms with Gasteiger partial charge in [-0.15, -0.1) is 0 Å². The molecule has 10 rings (SSSR count). The van der Waals surface area contributed by atoms with Crippen molar-refractivity contribution in [3.63, 3.8) is 0 Å². The van der Waals surface area contributed by atoms with Crippen molar-refractivity contribution in [2.45, 2.75) is 93.4 Å². The molecule has 0 aromatic carbocycles. The number of anilines is 3. The molecule has 3 aromatic rings. The molecule has 1 unspecified atom stereocenters. The lowest BCUT2D eigenvalue weighted by atomic mass is 9.47. The van der Waals surface area contributed by atoms with E-state index in [1.807, 2.05) is 11.0 Å². The zero-order valence-corrected chi connectivity index (χ0v) is 30.3. The van der Waals surface area contributed by atoms with Gasteiger partial charge in [0.15, 0.2) is 5.82 Å². The molecule has 2 saturated heterocycles. The first kappa shape index (κ1) is 36.0. The summed E-state index contributed by atoms with van der Waals surface area (Å²) in [4.78, 5) is 52.0. The highest BCUT2D eigenvalue weighted by atomic mass is 19.3. The summed E-state index contributed by atoms with van der Waals surface area (Å²) in [6.45, 7) is 3.20. The molecule has 6 fully saturated rings. The number of nitrogens with one attached hydrogen (secondary N) is 1. The molecule has 4 saturated carbocycles. The number of ether oxygens (including phenoxy) is 2. The Hall–Kier alpha value is -4.67. The summed E-state index contributed by atoms with van der Waals surface area (Å²) in [6, 6.07) is 1.89. The number of carbonyl (C=O) groups excluding carboxylic acids is 1. The Morgan fingerprint density at radius 2 is 1.65 bits per heavy atom. The number of hydrogen-bond donors (Lipinski definition) is 2. The highest BCUT2D eigenvalue weighted by Crippen LogP contribution is 2.61. The van der Waals surface area contributed by atoms with Crippen LogP contribution in [0, 0.1) is 23.6 Å². The summed E-state index contributed by atoms with van der Waals surface area (Å²) in [6.07, 6.45) is 8.74. The van der Waals surface area contributed by atoms with Crippen molar-refractivity contribution in [3.05, 3.63) is 53.5 Å². The van der Waals surface area contributed by atoms with Crippen LogP contribution in [0.3, 0.4) is 0 Å². The number of piperidine rings is 1. The predicted octanol–water partition coefficient (Wildman–Crippen LogP) is 5.26. The second kappa shape index (κ2) is 12.9. The molecule has 2 N–H and O–H groups in total. The van der Waals surface area contributed by atoms with Crippen LogP contribution >= 0.6 is 0 Å². The molecule has 7 aliphatic rings. The lowest BCUT2D eigenvalue weighted by Crippen LogP contribution is -2.72. The zero-order valence-electron chi connectivity index (χ0n) is 30.3. The number of carboxylic acids is 1. The second-order valence-corrected chi connectivity index (χ2v) is 16.5. The number of pyridine rings is 1. The molecular formula is C38H42F4N8O5. The molecule has 17 heteroatoms. The number of fused-ring (bicyclic) bond motifs is 2. The maximum Gasteiger partial charge on any atom is 0.330 e. The molecule has 4 aliphatic carbocycles. The quantitative estimate of drug-likeness (QED) is 0.288. The van der Waals surface area contributed by atoms with E-state index in [-0.39, 0.29) is 30.8 Å². The normalized spacial score (nSPS) is 29.7. The largest absolute Gasteiger partial charge is 0.479 e. The maximum absolute atomic E-state index is 15.5. The highest BCUT2D eigenvalue weighted by molar-refractivity contribution is 5.99. The number of nitrogens with zero attached hydrogens (tertiary/aromatic N) is 7. The van der Waals surface area contributed by atoms with E-state index in [0.29, 0.717) is 102 Å². The molecule has 3 aliphatic heterocycles. The topological polar surface area (TPSA) is 156 Å². The van der Waals surface area contributed by atoms with Crippen molar-refractivity contribution in [1.82, 2.24) is 30.2 Å². The maximum atomic E-state index is 15.5. The first-order valence-electron chi connectivity index (χ1n) is 19.0. The van der Waals surface area contributed by atoms with Gasteiger partial charge in [-0.25, -0.2) is 38.5 Å². The molecule has 1 amide bonds. The number of alkyl halides is 3. The molecule has 6 heterocycles. The van der Waals surface area contributed by atoms with E-state index in [1.165, 1.54) is 0 Å². The number of carbonyl (C=O) groups is 2. The van der Waals surface area contributed by atoms with Crippen molar-refractivity contribution in [2.75, 3.05) is 42.6 Å². The molecule has 55 heavy (non-hydrogen) atoms. The van der Waals surface area contributed by atoms with Crippen LogP contribution < -0.4 is 19.9 Å². The van der Waals surface area contributed by atoms with Crippen molar-refractivity contribution in [2.24, 2.45) is 17.8 Å². The van der Waals surface area contributed by atoms with Gasteiger partial charge in [0, 0.05) is 70.3 Å². The first-order chi connectivity index (χ1) is 26.3. The van der Waals surface area contributed by atoms with Crippen LogP contribution in [-0.4, -0.2) is 92.1 Å². The minimum atomic E-state index is -3.60. The average molecular weight is 767 g/mol. The molecule has 1 spiro atoms. The van der Waals surface area contributed by atoms with E-state index in [2.05, 4.69) is 30.2 Å². The van der Waals surface area contributed by atoms with Crippen molar-refractivity contribution in [1.29, 1.82) is 0 Å². The third-order valence-electron chi connectivity index (χ3n) is 13.0. The van der Waals surface area contributed by atoms with Gasteiger partial charge in [-0.3, -0.25) is 4.79 Å². The number of aliphatic carboxylic acids is 1. The third-order valence-corrected chi connectivity index (χ3v) is 13.0. The van der Waals surface area contributed by atoms with Gasteiger partial charge in [0.25, 0.3) is 11.8 Å². The van der Waals surface area contributed by atoms with Crippen molar-refractivity contribution < 1.29 is 41.7 Å². The van der Waals surface area contributed by atoms with Gasteiger partial charge in [-0.05, 0) is 68.3 Å². The van der Waals surface area contributed by atoms with Crippen LogP contribution in [0.4, 0.5) is 35.1 Å². The number of hydrogen-bond acceptors (Lipinski definition) is 11. The summed E-state index contributed by atoms with van der Waals surface area (Å²) in [5.41, 5.74) is -3.51. The Morgan fingerprint density at radius 1 is 0.982 bits per heavy atom. The van der Waals surface area contributed by atoms with E-state index in [9.17, 15) is 19.1 Å². The fraction of sp³-hybridized carbons (Fsp3) is 0.605. The minimum Gasteiger partial charge on any atom is -0.479 e. The molecule has 3 aromatic heterocycles. The van der Waals surface area contributed by atoms with Crippen LogP contribution in [0.5, 0.6) is 5.88 Å². The van der Waals surface area contributed by atoms with Crippen molar-refractivity contribution >= 4 is 29.5 Å². The molecule has 13 nitrogen and oxygen atoms in total. The van der Waals surface area contributed by atoms with E-state index in [1.54, 1.807) is 11.1 Å². The van der Waals surface area contributed by atoms with E-state index >= 15 is 13.2 Å². The summed E-state index contributed by atoms with van der Waals surface area (Å²) < 4.78 is 71.8. The van der Waals surface area contributed by atoms with Crippen LogP contribution in [0.25, 0.3) is 0 Å². The van der Waals surface area contributed by atoms with Gasteiger partial charge in [0.2, 0.25) is 17.8 Å². The molecule has 5 atom stereocenters. The first-order valence-corrected chi connectivity index (χ1v) is 19.0. The number of carboxylic acid groups (broad SMARTS) is 1. The number of aromatic nitrogens is 5. The van der Waals surface area contributed by atoms with E-state index in [0.717, 1.165) is 24.2 Å². The SMILES string of the molecule is CC(F)(F)c1nc(N2CC3(CCOCC3)c3cc(OC4CCN(c5ncc(F)cn5)CC4)ncc32)ncc1C(=O)N[C@]1(C(=O)O)[C@@H]2CC3C[C@H]1C[C@@](F)(C3)C2. The monoisotopic (exact) mass is 766 g/mol. The van der Waals surface area contributed by atoms with Gasteiger partial charge in [-0.1, -0.05) is 0 Å².